The summed E-state index contributed by atoms with van der Waals surface area (Å²) < 4.78 is 25.2. The lowest BCUT2D eigenvalue weighted by Gasteiger charge is -2.10. The maximum Gasteiger partial charge on any atom is 0.238 e. The van der Waals surface area contributed by atoms with Gasteiger partial charge in [0.05, 0.1) is 17.5 Å². The molecule has 0 saturated heterocycles. The summed E-state index contributed by atoms with van der Waals surface area (Å²) in [5.74, 6) is -0.250. The van der Waals surface area contributed by atoms with Crippen molar-refractivity contribution in [1.82, 2.24) is 9.78 Å². The molecule has 7 nitrogen and oxygen atoms in total. The maximum absolute atomic E-state index is 12.3. The number of nitrogens with zero attached hydrogens (tertiary/aromatic N) is 2. The fourth-order valence-corrected chi connectivity index (χ4v) is 3.14. The first-order valence-corrected chi connectivity index (χ1v) is 9.36. The van der Waals surface area contributed by atoms with Crippen molar-refractivity contribution in [2.45, 2.75) is 11.3 Å². The molecule has 0 unspecified atom stereocenters. The molecule has 2 aromatic carbocycles. The number of nitrogens with two attached hydrogens (primary N) is 1. The third kappa shape index (κ3) is 4.35. The first-order chi connectivity index (χ1) is 12.3. The van der Waals surface area contributed by atoms with E-state index in [1.54, 1.807) is 30.2 Å². The highest BCUT2D eigenvalue weighted by Gasteiger charge is 2.14. The molecule has 3 N–H and O–H groups in total. The van der Waals surface area contributed by atoms with Crippen LogP contribution < -0.4 is 10.5 Å². The van der Waals surface area contributed by atoms with Crippen molar-refractivity contribution in [3.63, 3.8) is 0 Å². The van der Waals surface area contributed by atoms with E-state index in [1.165, 1.54) is 12.1 Å². The van der Waals surface area contributed by atoms with Crippen LogP contribution in [-0.2, 0) is 28.3 Å². The molecular weight excluding hydrogens is 352 g/mol. The molecule has 3 rings (SSSR count). The number of benzene rings is 2. The number of anilines is 1. The molecule has 1 amide bonds. The van der Waals surface area contributed by atoms with Crippen LogP contribution in [0.3, 0.4) is 0 Å². The molecule has 0 aliphatic carbocycles. The molecule has 0 spiro atoms. The SMILES string of the molecule is Cn1cc(-c2cc(NC(=O)Cc3ccccc3)cc(S(N)(=O)=O)c2)cn1. The van der Waals surface area contributed by atoms with E-state index in [0.29, 0.717) is 11.3 Å². The molecule has 134 valence electrons. The Kier molecular flexibility index (Phi) is 4.88. The van der Waals surface area contributed by atoms with Gasteiger partial charge in [-0.3, -0.25) is 9.48 Å². The fraction of sp³-hybridized carbons (Fsp3) is 0.111. The minimum absolute atomic E-state index is 0.0751. The number of carbonyl (C=O) groups is 1. The van der Waals surface area contributed by atoms with Crippen molar-refractivity contribution in [2.75, 3.05) is 5.32 Å². The van der Waals surface area contributed by atoms with Gasteiger partial charge in [-0.25, -0.2) is 13.6 Å². The first kappa shape index (κ1) is 17.8. The van der Waals surface area contributed by atoms with Crippen molar-refractivity contribution in [2.24, 2.45) is 12.2 Å². The molecule has 1 heterocycles. The number of hydrogen-bond donors (Lipinski definition) is 2. The molecule has 3 aromatic rings. The lowest BCUT2D eigenvalue weighted by atomic mass is 10.1. The van der Waals surface area contributed by atoms with Gasteiger partial charge in [0.15, 0.2) is 0 Å². The minimum Gasteiger partial charge on any atom is -0.326 e. The maximum atomic E-state index is 12.3. The van der Waals surface area contributed by atoms with Crippen LogP contribution in [0.2, 0.25) is 0 Å². The molecule has 0 bridgehead atoms. The zero-order chi connectivity index (χ0) is 18.7. The summed E-state index contributed by atoms with van der Waals surface area (Å²) in [5.41, 5.74) is 2.53. The number of rotatable bonds is 5. The summed E-state index contributed by atoms with van der Waals surface area (Å²) in [6.45, 7) is 0. The fourth-order valence-electron chi connectivity index (χ4n) is 2.56. The van der Waals surface area contributed by atoms with E-state index in [1.807, 2.05) is 30.3 Å². The Balaban J connectivity index is 1.92. The van der Waals surface area contributed by atoms with E-state index >= 15 is 0 Å². The van der Waals surface area contributed by atoms with Crippen LogP contribution in [0.15, 0.2) is 65.8 Å². The third-order valence-electron chi connectivity index (χ3n) is 3.76. The van der Waals surface area contributed by atoms with Crippen LogP contribution in [-0.4, -0.2) is 24.1 Å². The van der Waals surface area contributed by atoms with E-state index in [4.69, 9.17) is 5.14 Å². The van der Waals surface area contributed by atoms with E-state index < -0.39 is 10.0 Å². The second-order valence-corrected chi connectivity index (χ2v) is 7.47. The van der Waals surface area contributed by atoms with Crippen LogP contribution in [0, 0.1) is 0 Å². The lowest BCUT2D eigenvalue weighted by molar-refractivity contribution is -0.115. The van der Waals surface area contributed by atoms with Gasteiger partial charge >= 0.3 is 0 Å². The Bertz CT molecular complexity index is 1040. The average Bonchev–Trinajstić information content (AvgIpc) is 3.01. The van der Waals surface area contributed by atoms with Gasteiger partial charge in [0.2, 0.25) is 15.9 Å². The molecule has 1 aromatic heterocycles. The summed E-state index contributed by atoms with van der Waals surface area (Å²) in [4.78, 5) is 12.2. The normalized spacial score (nSPS) is 11.3. The molecule has 0 aliphatic heterocycles. The number of carbonyl (C=O) groups excluding carboxylic acids is 1. The first-order valence-electron chi connectivity index (χ1n) is 7.82. The van der Waals surface area contributed by atoms with E-state index in [9.17, 15) is 13.2 Å². The topological polar surface area (TPSA) is 107 Å². The number of nitrogens with one attached hydrogen (secondary N) is 1. The average molecular weight is 370 g/mol. The van der Waals surface area contributed by atoms with E-state index in [-0.39, 0.29) is 17.2 Å². The Morgan fingerprint density at radius 3 is 2.50 bits per heavy atom. The summed E-state index contributed by atoms with van der Waals surface area (Å²) in [6.07, 6.45) is 3.54. The van der Waals surface area contributed by atoms with Crippen LogP contribution in [0.4, 0.5) is 5.69 Å². The Morgan fingerprint density at radius 2 is 1.88 bits per heavy atom. The van der Waals surface area contributed by atoms with Crippen molar-refractivity contribution >= 4 is 21.6 Å². The summed E-state index contributed by atoms with van der Waals surface area (Å²) in [5, 5.41) is 12.1. The quantitative estimate of drug-likeness (QED) is 0.715. The smallest absolute Gasteiger partial charge is 0.238 e. The van der Waals surface area contributed by atoms with Crippen molar-refractivity contribution in [3.8, 4) is 11.1 Å². The van der Waals surface area contributed by atoms with Crippen molar-refractivity contribution in [1.29, 1.82) is 0 Å². The van der Waals surface area contributed by atoms with Gasteiger partial charge in [-0.05, 0) is 29.3 Å². The number of hydrogen-bond acceptors (Lipinski definition) is 4. The van der Waals surface area contributed by atoms with Gasteiger partial charge in [0.25, 0.3) is 0 Å². The summed E-state index contributed by atoms with van der Waals surface area (Å²) >= 11 is 0. The van der Waals surface area contributed by atoms with Crippen LogP contribution in [0.1, 0.15) is 5.56 Å². The van der Waals surface area contributed by atoms with Gasteiger partial charge in [0, 0.05) is 24.5 Å². The van der Waals surface area contributed by atoms with Crippen molar-refractivity contribution in [3.05, 3.63) is 66.5 Å². The highest BCUT2D eigenvalue weighted by molar-refractivity contribution is 7.89. The molecule has 0 aliphatic rings. The Labute approximate surface area is 151 Å². The summed E-state index contributed by atoms with van der Waals surface area (Å²) in [7, 11) is -2.16. The zero-order valence-corrected chi connectivity index (χ0v) is 14.9. The van der Waals surface area contributed by atoms with Gasteiger partial charge in [-0.15, -0.1) is 0 Å². The summed E-state index contributed by atoms with van der Waals surface area (Å²) in [6, 6.07) is 13.8. The minimum atomic E-state index is -3.92. The Hall–Kier alpha value is -2.97. The predicted octanol–water partition coefficient (Wildman–Crippen LogP) is 1.92. The molecule has 0 saturated carbocycles. The largest absolute Gasteiger partial charge is 0.326 e. The molecule has 0 fully saturated rings. The van der Waals surface area contributed by atoms with E-state index in [2.05, 4.69) is 10.4 Å². The second kappa shape index (κ2) is 7.11. The van der Waals surface area contributed by atoms with Crippen molar-refractivity contribution < 1.29 is 13.2 Å². The molecule has 0 radical (unpaired) electrons. The number of amides is 1. The number of aryl methyl sites for hydroxylation is 1. The highest BCUT2D eigenvalue weighted by Crippen LogP contribution is 2.26. The third-order valence-corrected chi connectivity index (χ3v) is 4.66. The second-order valence-electron chi connectivity index (χ2n) is 5.90. The zero-order valence-electron chi connectivity index (χ0n) is 14.1. The van der Waals surface area contributed by atoms with Crippen LogP contribution in [0.5, 0.6) is 0 Å². The standard InChI is InChI=1S/C18H18N4O3S/c1-22-12-15(11-20-22)14-8-16(10-17(9-14)26(19,24)25)21-18(23)7-13-5-3-2-4-6-13/h2-6,8-12H,7H2,1H3,(H,21,23)(H2,19,24,25). The van der Waals surface area contributed by atoms with Crippen LogP contribution >= 0.6 is 0 Å². The molecule has 26 heavy (non-hydrogen) atoms. The number of aromatic nitrogens is 2. The van der Waals surface area contributed by atoms with Gasteiger partial charge in [-0.1, -0.05) is 30.3 Å². The van der Waals surface area contributed by atoms with Gasteiger partial charge < -0.3 is 5.32 Å². The van der Waals surface area contributed by atoms with Gasteiger partial charge in [0.1, 0.15) is 0 Å². The molecular formula is C18H18N4O3S. The number of sulfonamides is 1. The molecule has 0 atom stereocenters. The Morgan fingerprint density at radius 1 is 1.15 bits per heavy atom. The predicted molar refractivity (Wildman–Crippen MR) is 98.8 cm³/mol. The highest BCUT2D eigenvalue weighted by atomic mass is 32.2. The van der Waals surface area contributed by atoms with E-state index in [0.717, 1.165) is 11.1 Å². The molecule has 8 heteroatoms. The van der Waals surface area contributed by atoms with Crippen LogP contribution in [0.25, 0.3) is 11.1 Å². The monoisotopic (exact) mass is 370 g/mol. The van der Waals surface area contributed by atoms with Gasteiger partial charge in [-0.2, -0.15) is 5.10 Å². The lowest BCUT2D eigenvalue weighted by Crippen LogP contribution is -2.16. The number of primary sulfonamides is 1.